The topological polar surface area (TPSA) is 77.2 Å². The molecule has 0 amide bonds. The molecule has 0 bridgehead atoms. The minimum Gasteiger partial charge on any atom is -0.297 e. The van der Waals surface area contributed by atoms with Crippen LogP contribution >= 0.6 is 0 Å². The Balaban J connectivity index is 1.54. The van der Waals surface area contributed by atoms with Crippen LogP contribution in [0, 0.1) is 23.2 Å². The van der Waals surface area contributed by atoms with Crippen molar-refractivity contribution in [3.05, 3.63) is 33.9 Å². The van der Waals surface area contributed by atoms with E-state index in [1.54, 1.807) is 0 Å². The van der Waals surface area contributed by atoms with Gasteiger partial charge in [-0.25, -0.2) is 18.3 Å². The Kier molecular flexibility index (Phi) is 3.42. The van der Waals surface area contributed by atoms with Crippen molar-refractivity contribution < 1.29 is 8.78 Å². The molecule has 3 heterocycles. The quantitative estimate of drug-likeness (QED) is 0.928. The number of alkyl halides is 2. The Hall–Kier alpha value is -2.27. The van der Waals surface area contributed by atoms with Crippen LogP contribution in [-0.4, -0.2) is 38.5 Å². The molecule has 6 nitrogen and oxygen atoms in total. The van der Waals surface area contributed by atoms with Gasteiger partial charge in [-0.2, -0.15) is 5.26 Å². The fourth-order valence-electron chi connectivity index (χ4n) is 3.73. The van der Waals surface area contributed by atoms with Crippen molar-refractivity contribution in [1.29, 1.82) is 5.26 Å². The van der Waals surface area contributed by atoms with Gasteiger partial charge in [0, 0.05) is 37.7 Å². The van der Waals surface area contributed by atoms with Gasteiger partial charge >= 0.3 is 0 Å². The van der Waals surface area contributed by atoms with Crippen molar-refractivity contribution in [2.24, 2.45) is 11.8 Å². The maximum Gasteiger partial charge on any atom is 0.272 e. The summed E-state index contributed by atoms with van der Waals surface area (Å²) < 4.78 is 27.8. The van der Waals surface area contributed by atoms with Crippen LogP contribution in [0.4, 0.5) is 8.78 Å². The molecular weight excluding hydrogens is 316 g/mol. The van der Waals surface area contributed by atoms with Gasteiger partial charge in [0.15, 0.2) is 5.65 Å². The Morgan fingerprint density at radius 1 is 1.50 bits per heavy atom. The van der Waals surface area contributed by atoms with Crippen LogP contribution < -0.4 is 5.56 Å². The summed E-state index contributed by atoms with van der Waals surface area (Å²) in [5, 5.41) is 11.8. The van der Waals surface area contributed by atoms with Crippen LogP contribution in [0.15, 0.2) is 17.1 Å². The van der Waals surface area contributed by atoms with Crippen molar-refractivity contribution in [2.45, 2.75) is 31.7 Å². The van der Waals surface area contributed by atoms with Crippen LogP contribution in [0.5, 0.6) is 0 Å². The highest BCUT2D eigenvalue weighted by Crippen LogP contribution is 2.54. The molecule has 8 heteroatoms. The number of hydrogen-bond acceptors (Lipinski definition) is 4. The Bertz CT molecular complexity index is 881. The zero-order valence-electron chi connectivity index (χ0n) is 13.0. The fraction of sp³-hybridized carbons (Fsp3) is 0.562. The number of nitrogens with one attached hydrogen (secondary N) is 1. The highest BCUT2D eigenvalue weighted by molar-refractivity contribution is 5.53. The molecule has 2 atom stereocenters. The van der Waals surface area contributed by atoms with Crippen LogP contribution in [0.25, 0.3) is 5.65 Å². The zero-order valence-corrected chi connectivity index (χ0v) is 13.0. The Morgan fingerprint density at radius 2 is 2.29 bits per heavy atom. The Labute approximate surface area is 136 Å². The van der Waals surface area contributed by atoms with Crippen LogP contribution in [0.1, 0.15) is 30.5 Å². The second-order valence-electron chi connectivity index (χ2n) is 6.75. The SMILES string of the molecule is N#Cc1c[nH]n2c(=O)cc(CN3CCCC(C4CC4(F)F)C3)nc12. The number of aromatic nitrogens is 3. The van der Waals surface area contributed by atoms with E-state index < -0.39 is 11.8 Å². The molecule has 4 rings (SSSR count). The number of piperidine rings is 1. The number of H-pyrrole nitrogens is 1. The lowest BCUT2D eigenvalue weighted by Crippen LogP contribution is -2.37. The molecule has 126 valence electrons. The molecule has 0 radical (unpaired) electrons. The van der Waals surface area contributed by atoms with E-state index in [4.69, 9.17) is 5.26 Å². The number of rotatable bonds is 3. The number of hydrogen-bond donors (Lipinski definition) is 1. The van der Waals surface area contributed by atoms with E-state index >= 15 is 0 Å². The monoisotopic (exact) mass is 333 g/mol. The molecule has 0 aromatic carbocycles. The van der Waals surface area contributed by atoms with Crippen molar-refractivity contribution >= 4 is 5.65 Å². The normalized spacial score (nSPS) is 26.4. The van der Waals surface area contributed by atoms with Gasteiger partial charge in [-0.3, -0.25) is 14.8 Å². The maximum absolute atomic E-state index is 13.3. The van der Waals surface area contributed by atoms with Gasteiger partial charge in [-0.15, -0.1) is 0 Å². The van der Waals surface area contributed by atoms with E-state index in [-0.39, 0.29) is 17.9 Å². The molecule has 24 heavy (non-hydrogen) atoms. The second-order valence-corrected chi connectivity index (χ2v) is 6.75. The Morgan fingerprint density at radius 3 is 3.00 bits per heavy atom. The highest BCUT2D eigenvalue weighted by atomic mass is 19.3. The average molecular weight is 333 g/mol. The first-order chi connectivity index (χ1) is 11.5. The average Bonchev–Trinajstić information content (AvgIpc) is 3.00. The van der Waals surface area contributed by atoms with Crippen molar-refractivity contribution in [3.63, 3.8) is 0 Å². The predicted molar refractivity (Wildman–Crippen MR) is 81.6 cm³/mol. The molecule has 2 aliphatic rings. The minimum absolute atomic E-state index is 0.00590. The number of nitrogens with zero attached hydrogens (tertiary/aromatic N) is 4. The van der Waals surface area contributed by atoms with E-state index in [2.05, 4.69) is 15.0 Å². The first-order valence-corrected chi connectivity index (χ1v) is 8.08. The third-order valence-electron chi connectivity index (χ3n) is 5.04. The summed E-state index contributed by atoms with van der Waals surface area (Å²) in [7, 11) is 0. The van der Waals surface area contributed by atoms with Gasteiger partial charge < -0.3 is 0 Å². The smallest absolute Gasteiger partial charge is 0.272 e. The van der Waals surface area contributed by atoms with Gasteiger partial charge in [0.2, 0.25) is 0 Å². The van der Waals surface area contributed by atoms with Gasteiger partial charge in [0.25, 0.3) is 11.5 Å². The first-order valence-electron chi connectivity index (χ1n) is 8.08. The zero-order chi connectivity index (χ0) is 16.9. The molecule has 0 spiro atoms. The number of aromatic amines is 1. The van der Waals surface area contributed by atoms with E-state index in [9.17, 15) is 13.6 Å². The molecule has 2 unspecified atom stereocenters. The minimum atomic E-state index is -2.49. The molecular formula is C16H17F2N5O. The van der Waals surface area contributed by atoms with Crippen molar-refractivity contribution in [3.8, 4) is 6.07 Å². The lowest BCUT2D eigenvalue weighted by atomic mass is 9.93. The van der Waals surface area contributed by atoms with Crippen LogP contribution in [0.3, 0.4) is 0 Å². The lowest BCUT2D eigenvalue weighted by molar-refractivity contribution is 0.0625. The number of nitriles is 1. The number of likely N-dealkylation sites (tertiary alicyclic amines) is 1. The molecule has 1 saturated heterocycles. The summed E-state index contributed by atoms with van der Waals surface area (Å²) >= 11 is 0. The highest BCUT2D eigenvalue weighted by Gasteiger charge is 2.60. The third-order valence-corrected chi connectivity index (χ3v) is 5.04. The molecule has 1 aliphatic heterocycles. The van der Waals surface area contributed by atoms with E-state index in [0.29, 0.717) is 30.0 Å². The summed E-state index contributed by atoms with van der Waals surface area (Å²) in [6.45, 7) is 1.87. The third kappa shape index (κ3) is 2.59. The summed E-state index contributed by atoms with van der Waals surface area (Å²) in [4.78, 5) is 18.6. The summed E-state index contributed by atoms with van der Waals surface area (Å²) in [6, 6.07) is 3.43. The van der Waals surface area contributed by atoms with Gasteiger partial charge in [-0.05, 0) is 25.3 Å². The van der Waals surface area contributed by atoms with Crippen LogP contribution in [-0.2, 0) is 6.54 Å². The number of fused-ring (bicyclic) bond motifs is 1. The van der Waals surface area contributed by atoms with E-state index in [0.717, 1.165) is 19.4 Å². The van der Waals surface area contributed by atoms with Gasteiger partial charge in [0.05, 0.1) is 5.69 Å². The summed E-state index contributed by atoms with van der Waals surface area (Å²) in [6.07, 6.45) is 3.17. The van der Waals surface area contributed by atoms with Gasteiger partial charge in [-0.1, -0.05) is 0 Å². The fourth-order valence-corrected chi connectivity index (χ4v) is 3.73. The van der Waals surface area contributed by atoms with Crippen LogP contribution in [0.2, 0.25) is 0 Å². The standard InChI is InChI=1S/C16H17F2N5O/c17-16(18)5-13(16)10-2-1-3-22(8-10)9-12-4-14(24)23-15(21-12)11(6-19)7-20-23/h4,7,10,13,20H,1-3,5,8-9H2. The number of halogens is 2. The molecule has 1 N–H and O–H groups in total. The first kappa shape index (κ1) is 15.3. The van der Waals surface area contributed by atoms with Gasteiger partial charge in [0.1, 0.15) is 11.6 Å². The molecule has 2 aromatic rings. The van der Waals surface area contributed by atoms with Crippen molar-refractivity contribution in [1.82, 2.24) is 19.5 Å². The lowest BCUT2D eigenvalue weighted by Gasteiger charge is -2.32. The predicted octanol–water partition coefficient (Wildman–Crippen LogP) is 1.76. The second kappa shape index (κ2) is 5.38. The molecule has 1 aliphatic carbocycles. The molecule has 2 fully saturated rings. The molecule has 2 aromatic heterocycles. The summed E-state index contributed by atoms with van der Waals surface area (Å²) in [5.74, 6) is -2.96. The van der Waals surface area contributed by atoms with Crippen molar-refractivity contribution in [2.75, 3.05) is 13.1 Å². The largest absolute Gasteiger partial charge is 0.297 e. The molecule has 1 saturated carbocycles. The van der Waals surface area contributed by atoms with E-state index in [1.165, 1.54) is 16.8 Å². The van der Waals surface area contributed by atoms with E-state index in [1.807, 2.05) is 6.07 Å². The summed E-state index contributed by atoms with van der Waals surface area (Å²) in [5.41, 5.74) is 0.906. The maximum atomic E-state index is 13.3.